The molecule has 2 aromatic rings. The van der Waals surface area contributed by atoms with Gasteiger partial charge in [-0.2, -0.15) is 31.1 Å². The second-order valence-corrected chi connectivity index (χ2v) is 14.6. The first kappa shape index (κ1) is 36.8. The number of hydrogen-bond donors (Lipinski definition) is 4. The number of halogens is 6. The van der Waals surface area contributed by atoms with Gasteiger partial charge in [0, 0.05) is 23.5 Å². The Labute approximate surface area is 259 Å². The smallest absolute Gasteiger partial charge is 0.417 e. The minimum atomic E-state index is -5.28. The van der Waals surface area contributed by atoms with Crippen molar-refractivity contribution in [3.05, 3.63) is 41.1 Å². The van der Waals surface area contributed by atoms with E-state index < -0.39 is 56.0 Å². The van der Waals surface area contributed by atoms with Gasteiger partial charge in [-0.05, 0) is 90.1 Å². The lowest BCUT2D eigenvalue weighted by molar-refractivity contribution is -0.180. The fourth-order valence-electron chi connectivity index (χ4n) is 5.38. The molecule has 0 spiro atoms. The highest BCUT2D eigenvalue weighted by Crippen LogP contribution is 2.40. The maximum Gasteiger partial charge on any atom is 0.417 e. The van der Waals surface area contributed by atoms with Crippen LogP contribution in [0, 0.1) is 18.3 Å². The van der Waals surface area contributed by atoms with E-state index in [0.29, 0.717) is 43.8 Å². The van der Waals surface area contributed by atoms with E-state index in [2.05, 4.69) is 5.32 Å². The van der Waals surface area contributed by atoms with Crippen molar-refractivity contribution in [2.24, 2.45) is 11.3 Å². The highest BCUT2D eigenvalue weighted by molar-refractivity contribution is 7.89. The number of carboxylic acids is 1. The number of benzene rings is 1. The molecule has 45 heavy (non-hydrogen) atoms. The molecule has 8 nitrogen and oxygen atoms in total. The number of nitrogens with one attached hydrogen (secondary N) is 2. The summed E-state index contributed by atoms with van der Waals surface area (Å²) in [6, 6.07) is 3.84. The fraction of sp³-hybridized carbons (Fsp3) is 0.633. The third-order valence-corrected chi connectivity index (χ3v) is 10.2. The lowest BCUT2D eigenvalue weighted by Gasteiger charge is -2.29. The Morgan fingerprint density at radius 2 is 1.62 bits per heavy atom. The van der Waals surface area contributed by atoms with Crippen molar-refractivity contribution >= 4 is 16.0 Å². The summed E-state index contributed by atoms with van der Waals surface area (Å²) in [7, 11) is -5.28. The minimum absolute atomic E-state index is 0.0410. The Morgan fingerprint density at radius 3 is 2.16 bits per heavy atom. The van der Waals surface area contributed by atoms with Gasteiger partial charge in [-0.1, -0.05) is 25.3 Å². The van der Waals surface area contributed by atoms with Gasteiger partial charge in [0.2, 0.25) is 10.0 Å². The van der Waals surface area contributed by atoms with Crippen LogP contribution in [-0.4, -0.2) is 47.4 Å². The van der Waals surface area contributed by atoms with Crippen molar-refractivity contribution in [2.75, 3.05) is 6.54 Å². The molecule has 0 bridgehead atoms. The van der Waals surface area contributed by atoms with Gasteiger partial charge in [0.05, 0.1) is 15.9 Å². The van der Waals surface area contributed by atoms with Gasteiger partial charge in [-0.3, -0.25) is 10.1 Å². The number of sulfonamides is 1. The Balaban J connectivity index is 2.09. The van der Waals surface area contributed by atoms with E-state index in [-0.39, 0.29) is 30.1 Å². The monoisotopic (exact) mass is 669 g/mol. The molecule has 1 fully saturated rings. The first-order chi connectivity index (χ1) is 20.5. The lowest BCUT2D eigenvalue weighted by Crippen LogP contribution is -2.54. The maximum atomic E-state index is 14.3. The number of alkyl halides is 6. The maximum absolute atomic E-state index is 14.3. The van der Waals surface area contributed by atoms with E-state index >= 15 is 0 Å². The summed E-state index contributed by atoms with van der Waals surface area (Å²) in [4.78, 5) is 10.1. The molecular weight excluding hydrogens is 628 g/mol. The zero-order valence-corrected chi connectivity index (χ0v) is 26.7. The van der Waals surface area contributed by atoms with E-state index in [4.69, 9.17) is 0 Å². The van der Waals surface area contributed by atoms with Crippen molar-refractivity contribution in [2.45, 2.75) is 109 Å². The van der Waals surface area contributed by atoms with E-state index in [9.17, 15) is 49.8 Å². The van der Waals surface area contributed by atoms with Crippen LogP contribution in [0.5, 0.6) is 0 Å². The fourth-order valence-corrected chi connectivity index (χ4v) is 6.99. The first-order valence-corrected chi connectivity index (χ1v) is 16.1. The van der Waals surface area contributed by atoms with Crippen LogP contribution in [0.2, 0.25) is 0 Å². The van der Waals surface area contributed by atoms with Crippen LogP contribution in [-0.2, 0) is 27.5 Å². The molecule has 0 aliphatic heterocycles. The average Bonchev–Trinajstić information content (AvgIpc) is 3.22. The summed E-state index contributed by atoms with van der Waals surface area (Å²) in [6.07, 6.45) is -6.60. The molecule has 1 aromatic carbocycles. The first-order valence-electron chi connectivity index (χ1n) is 14.6. The van der Waals surface area contributed by atoms with Crippen LogP contribution in [0.1, 0.15) is 89.3 Å². The Kier molecular flexibility index (Phi) is 10.8. The van der Waals surface area contributed by atoms with Gasteiger partial charge in [-0.25, -0.2) is 8.42 Å². The van der Waals surface area contributed by atoms with E-state index in [1.165, 1.54) is 24.6 Å². The van der Waals surface area contributed by atoms with Gasteiger partial charge in [0.15, 0.2) is 0 Å². The minimum Gasteiger partial charge on any atom is -0.481 e. The molecule has 0 saturated heterocycles. The molecule has 1 heterocycles. The van der Waals surface area contributed by atoms with Crippen molar-refractivity contribution in [1.29, 1.82) is 0 Å². The number of aliphatic hydroxyl groups is 1. The largest absolute Gasteiger partial charge is 0.481 e. The summed E-state index contributed by atoms with van der Waals surface area (Å²) in [5.74, 6) is -0.813. The molecule has 4 N–H and O–H groups in total. The number of aliphatic hydroxyl groups excluding tert-OH is 1. The SMILES string of the molecule is Cc1c(C(O)NCCC(C)(C)C(=O)O)cc(-c2ccc(S(=O)(=O)NC(C)(C)C(F)(F)F)c(C(F)(F)F)c2)n1CC1CCCCC1. The summed E-state index contributed by atoms with van der Waals surface area (Å²) >= 11 is 0. The molecule has 3 rings (SSSR count). The highest BCUT2D eigenvalue weighted by atomic mass is 32.2. The van der Waals surface area contributed by atoms with Crippen LogP contribution in [0.15, 0.2) is 29.2 Å². The van der Waals surface area contributed by atoms with Crippen molar-refractivity contribution < 1.29 is 49.8 Å². The zero-order chi connectivity index (χ0) is 34.2. The number of nitrogens with zero attached hydrogens (tertiary/aromatic N) is 1. The lowest BCUT2D eigenvalue weighted by atomic mass is 9.89. The quantitative estimate of drug-likeness (QED) is 0.146. The van der Waals surface area contributed by atoms with Crippen molar-refractivity contribution in [3.8, 4) is 11.3 Å². The Bertz CT molecular complexity index is 1480. The molecule has 1 saturated carbocycles. The molecule has 1 unspecified atom stereocenters. The molecule has 1 aromatic heterocycles. The van der Waals surface area contributed by atoms with Gasteiger partial charge in [0.1, 0.15) is 11.8 Å². The summed E-state index contributed by atoms with van der Waals surface area (Å²) < 4.78 is 112. The van der Waals surface area contributed by atoms with Crippen LogP contribution in [0.25, 0.3) is 11.3 Å². The predicted octanol–water partition coefficient (Wildman–Crippen LogP) is 6.76. The Morgan fingerprint density at radius 1 is 1.02 bits per heavy atom. The molecule has 1 aliphatic rings. The second kappa shape index (κ2) is 13.2. The van der Waals surface area contributed by atoms with Gasteiger partial charge < -0.3 is 14.8 Å². The number of hydrogen-bond acceptors (Lipinski definition) is 5. The van der Waals surface area contributed by atoms with Crippen LogP contribution in [0.4, 0.5) is 26.3 Å². The average molecular weight is 670 g/mol. The van der Waals surface area contributed by atoms with E-state index in [1.807, 2.05) is 0 Å². The summed E-state index contributed by atoms with van der Waals surface area (Å²) in [5.41, 5.74) is -4.64. The van der Waals surface area contributed by atoms with Gasteiger partial charge in [-0.15, -0.1) is 0 Å². The standard InChI is InChI=1S/C30H41F6N3O5S/c1-18-21(25(40)37-14-13-27(2,3)26(41)42)16-23(39(18)17-19-9-7-6-8-10-19)20-11-12-24(22(15-20)29(31,32)33)45(43,44)38-28(4,5)30(34,35)36/h11-12,15-16,19,25,37-38,40H,6-10,13-14,17H2,1-5H3,(H,41,42). The normalized spacial score (nSPS) is 16.6. The Hall–Kier alpha value is -2.62. The van der Waals surface area contributed by atoms with Crippen molar-refractivity contribution in [3.63, 3.8) is 0 Å². The number of carbonyl (C=O) groups is 1. The van der Waals surface area contributed by atoms with Gasteiger partial charge in [0.25, 0.3) is 0 Å². The zero-order valence-electron chi connectivity index (χ0n) is 25.9. The number of aromatic nitrogens is 1. The summed E-state index contributed by atoms with van der Waals surface area (Å²) in [5, 5.41) is 23.2. The van der Waals surface area contributed by atoms with E-state index in [0.717, 1.165) is 38.2 Å². The molecule has 254 valence electrons. The van der Waals surface area contributed by atoms with Crippen LogP contribution in [0.3, 0.4) is 0 Å². The third-order valence-electron chi connectivity index (χ3n) is 8.50. The molecule has 0 radical (unpaired) electrons. The number of rotatable bonds is 12. The van der Waals surface area contributed by atoms with Gasteiger partial charge >= 0.3 is 18.3 Å². The van der Waals surface area contributed by atoms with E-state index in [1.54, 1.807) is 11.5 Å². The molecular formula is C30H41F6N3O5S. The molecule has 1 atom stereocenters. The molecule has 0 amide bonds. The topological polar surface area (TPSA) is 121 Å². The number of carboxylic acid groups (broad SMARTS) is 1. The summed E-state index contributed by atoms with van der Waals surface area (Å²) in [6.45, 7) is 6.33. The molecule has 1 aliphatic carbocycles. The predicted molar refractivity (Wildman–Crippen MR) is 156 cm³/mol. The van der Waals surface area contributed by atoms with Crippen LogP contribution < -0.4 is 10.0 Å². The highest BCUT2D eigenvalue weighted by Gasteiger charge is 2.51. The second-order valence-electron chi connectivity index (χ2n) is 12.9. The molecule has 15 heteroatoms. The third kappa shape index (κ3) is 8.60. The van der Waals surface area contributed by atoms with Crippen LogP contribution >= 0.6 is 0 Å². The van der Waals surface area contributed by atoms with Crippen molar-refractivity contribution in [1.82, 2.24) is 14.6 Å². The number of aliphatic carboxylic acids is 1.